The Hall–Kier alpha value is -4.38. The molecule has 38 heavy (non-hydrogen) atoms. The average Bonchev–Trinajstić information content (AvgIpc) is 2.90. The Morgan fingerprint density at radius 2 is 1.74 bits per heavy atom. The number of hydrogen-bond donors (Lipinski definition) is 3. The number of carbonyl (C=O) groups excluding carboxylic acids is 3. The third kappa shape index (κ3) is 6.12. The van der Waals surface area contributed by atoms with E-state index in [0.29, 0.717) is 16.8 Å². The van der Waals surface area contributed by atoms with Crippen molar-refractivity contribution in [3.05, 3.63) is 89.7 Å². The van der Waals surface area contributed by atoms with Crippen molar-refractivity contribution in [2.24, 2.45) is 0 Å². The Bertz CT molecular complexity index is 1350. The molecule has 1 fully saturated rings. The highest BCUT2D eigenvalue weighted by atomic mass is 32.2. The number of phenols is 1. The standard InChI is InChI=1S/C27H23FN2O7S/c28-17-8-6-16(7-9-17)22(32)15-38-26-25(30(27(26)36)18-4-2-1-3-5-18)20-11-10-19(12-21(20)31)37-14-23(33)29-13-24(34)35/h1-12,25-26,31H,13-15H2,(H,29,33)(H,34,35)/t25-,26?/m1/s1. The molecule has 2 atom stereocenters. The van der Waals surface area contributed by atoms with Crippen molar-refractivity contribution >= 4 is 41.0 Å². The molecule has 1 heterocycles. The predicted octanol–water partition coefficient (Wildman–Crippen LogP) is 3.18. The SMILES string of the molecule is O=C(O)CNC(=O)COc1ccc([C@@H]2C(SCC(=O)c3ccc(F)cc3)C(=O)N2c2ccccc2)c(O)c1. The number of hydrogen-bond acceptors (Lipinski definition) is 7. The van der Waals surface area contributed by atoms with Crippen molar-refractivity contribution in [3.8, 4) is 11.5 Å². The molecule has 0 spiro atoms. The zero-order chi connectivity index (χ0) is 27.2. The Labute approximate surface area is 221 Å². The number of carboxylic acids is 1. The van der Waals surface area contributed by atoms with Gasteiger partial charge in [-0.1, -0.05) is 18.2 Å². The molecule has 3 N–H and O–H groups in total. The number of carboxylic acid groups (broad SMARTS) is 1. The summed E-state index contributed by atoms with van der Waals surface area (Å²) in [7, 11) is 0. The van der Waals surface area contributed by atoms with Crippen LogP contribution in [0.5, 0.6) is 11.5 Å². The van der Waals surface area contributed by atoms with Crippen LogP contribution < -0.4 is 15.0 Å². The van der Waals surface area contributed by atoms with E-state index < -0.39 is 42.1 Å². The lowest BCUT2D eigenvalue weighted by Crippen LogP contribution is -2.57. The van der Waals surface area contributed by atoms with Crippen LogP contribution in [0.15, 0.2) is 72.8 Å². The number of nitrogens with zero attached hydrogens (tertiary/aromatic N) is 1. The van der Waals surface area contributed by atoms with Gasteiger partial charge in [-0.3, -0.25) is 19.2 Å². The highest BCUT2D eigenvalue weighted by Crippen LogP contribution is 2.48. The minimum absolute atomic E-state index is 0.0193. The van der Waals surface area contributed by atoms with Crippen molar-refractivity contribution in [2.45, 2.75) is 11.3 Å². The molecule has 11 heteroatoms. The van der Waals surface area contributed by atoms with Crippen LogP contribution in [0.1, 0.15) is 22.0 Å². The Morgan fingerprint density at radius 3 is 2.39 bits per heavy atom. The molecule has 0 aliphatic carbocycles. The largest absolute Gasteiger partial charge is 0.507 e. The van der Waals surface area contributed by atoms with Crippen LogP contribution in [-0.2, 0) is 14.4 Å². The monoisotopic (exact) mass is 538 g/mol. The number of β-lactam (4-membered cyclic amide) rings is 1. The summed E-state index contributed by atoms with van der Waals surface area (Å²) in [5.74, 6) is -2.79. The van der Waals surface area contributed by atoms with Crippen molar-refractivity contribution in [3.63, 3.8) is 0 Å². The molecular formula is C27H23FN2O7S. The molecule has 9 nitrogen and oxygen atoms in total. The number of Topliss-reactive ketones (excluding diaryl/α,β-unsaturated/α-hetero) is 1. The molecule has 0 radical (unpaired) electrons. The molecule has 3 aromatic rings. The summed E-state index contributed by atoms with van der Waals surface area (Å²) in [5, 5.41) is 20.9. The molecule has 3 aromatic carbocycles. The molecule has 0 bridgehead atoms. The molecule has 1 saturated heterocycles. The van der Waals surface area contributed by atoms with E-state index in [1.807, 2.05) is 6.07 Å². The minimum Gasteiger partial charge on any atom is -0.507 e. The third-order valence-electron chi connectivity index (χ3n) is 5.77. The molecule has 0 saturated carbocycles. The number of thioether (sulfide) groups is 1. The maximum absolute atomic E-state index is 13.2. The predicted molar refractivity (Wildman–Crippen MR) is 138 cm³/mol. The van der Waals surface area contributed by atoms with Crippen molar-refractivity contribution in [2.75, 3.05) is 23.8 Å². The number of aromatic hydroxyl groups is 1. The first-order chi connectivity index (χ1) is 18.2. The van der Waals surface area contributed by atoms with E-state index in [4.69, 9.17) is 9.84 Å². The van der Waals surface area contributed by atoms with Gasteiger partial charge < -0.3 is 25.2 Å². The van der Waals surface area contributed by atoms with E-state index in [0.717, 1.165) is 11.8 Å². The van der Waals surface area contributed by atoms with E-state index in [1.165, 1.54) is 41.3 Å². The molecule has 196 valence electrons. The number of amides is 2. The molecule has 0 aromatic heterocycles. The van der Waals surface area contributed by atoms with E-state index in [-0.39, 0.29) is 28.9 Å². The van der Waals surface area contributed by atoms with Crippen LogP contribution in [0.2, 0.25) is 0 Å². The van der Waals surface area contributed by atoms with E-state index >= 15 is 0 Å². The number of para-hydroxylation sites is 1. The fourth-order valence-electron chi connectivity index (χ4n) is 3.93. The van der Waals surface area contributed by atoms with Gasteiger partial charge in [0.15, 0.2) is 12.4 Å². The second-order valence-electron chi connectivity index (χ2n) is 8.33. The number of phenolic OH excluding ortho intramolecular Hbond substituents is 1. The summed E-state index contributed by atoms with van der Waals surface area (Å²) >= 11 is 1.14. The van der Waals surface area contributed by atoms with Crippen LogP contribution in [0.4, 0.5) is 10.1 Å². The summed E-state index contributed by atoms with van der Waals surface area (Å²) in [5.41, 5.74) is 1.38. The number of aliphatic carboxylic acids is 1. The van der Waals surface area contributed by atoms with Crippen molar-refractivity contribution in [1.82, 2.24) is 5.32 Å². The van der Waals surface area contributed by atoms with Gasteiger partial charge in [-0.05, 0) is 48.5 Å². The highest BCUT2D eigenvalue weighted by Gasteiger charge is 2.50. The fraction of sp³-hybridized carbons (Fsp3) is 0.185. The summed E-state index contributed by atoms with van der Waals surface area (Å²) < 4.78 is 18.5. The molecular weight excluding hydrogens is 515 g/mol. The van der Waals surface area contributed by atoms with Crippen LogP contribution in [-0.4, -0.2) is 57.9 Å². The van der Waals surface area contributed by atoms with Crippen molar-refractivity contribution < 1.29 is 38.5 Å². The second kappa shape index (κ2) is 11.8. The summed E-state index contributed by atoms with van der Waals surface area (Å²) in [6.07, 6.45) is 0. The van der Waals surface area contributed by atoms with Gasteiger partial charge in [-0.15, -0.1) is 11.8 Å². The van der Waals surface area contributed by atoms with E-state index in [1.54, 1.807) is 30.3 Å². The maximum Gasteiger partial charge on any atom is 0.322 e. The molecule has 2 amide bonds. The Balaban J connectivity index is 1.50. The average molecular weight is 539 g/mol. The second-order valence-corrected chi connectivity index (χ2v) is 9.46. The minimum atomic E-state index is -1.19. The summed E-state index contributed by atoms with van der Waals surface area (Å²) in [4.78, 5) is 49.6. The molecule has 1 unspecified atom stereocenters. The summed E-state index contributed by atoms with van der Waals surface area (Å²) in [6, 6.07) is 17.9. The van der Waals surface area contributed by atoms with E-state index in [9.17, 15) is 28.7 Å². The quantitative estimate of drug-likeness (QED) is 0.250. The van der Waals surface area contributed by atoms with Crippen molar-refractivity contribution in [1.29, 1.82) is 0 Å². The lowest BCUT2D eigenvalue weighted by Gasteiger charge is -2.47. The number of nitrogens with one attached hydrogen (secondary N) is 1. The van der Waals surface area contributed by atoms with Crippen LogP contribution in [0.25, 0.3) is 0 Å². The van der Waals surface area contributed by atoms with Gasteiger partial charge in [0, 0.05) is 22.9 Å². The lowest BCUT2D eigenvalue weighted by molar-refractivity contribution is -0.138. The number of ketones is 1. The highest BCUT2D eigenvalue weighted by molar-refractivity contribution is 8.01. The van der Waals surface area contributed by atoms with Gasteiger partial charge in [0.05, 0.1) is 11.8 Å². The maximum atomic E-state index is 13.2. The fourth-order valence-corrected chi connectivity index (χ4v) is 5.13. The van der Waals surface area contributed by atoms with E-state index in [2.05, 4.69) is 5.32 Å². The number of anilines is 1. The first-order valence-corrected chi connectivity index (χ1v) is 12.5. The number of ether oxygens (including phenoxy) is 1. The lowest BCUT2D eigenvalue weighted by atomic mass is 9.91. The number of halogens is 1. The van der Waals surface area contributed by atoms with Gasteiger partial charge in [-0.25, -0.2) is 4.39 Å². The van der Waals surface area contributed by atoms with Crippen LogP contribution >= 0.6 is 11.8 Å². The van der Waals surface area contributed by atoms with Crippen LogP contribution in [0.3, 0.4) is 0 Å². The first-order valence-electron chi connectivity index (χ1n) is 11.5. The Morgan fingerprint density at radius 1 is 1.03 bits per heavy atom. The number of benzene rings is 3. The Kier molecular flexibility index (Phi) is 8.27. The zero-order valence-corrected chi connectivity index (χ0v) is 20.7. The van der Waals surface area contributed by atoms with Crippen LogP contribution in [0, 0.1) is 5.82 Å². The van der Waals surface area contributed by atoms with Gasteiger partial charge in [0.1, 0.15) is 29.1 Å². The molecule has 1 aliphatic rings. The summed E-state index contributed by atoms with van der Waals surface area (Å²) in [6.45, 7) is -0.992. The smallest absolute Gasteiger partial charge is 0.322 e. The number of carbonyl (C=O) groups is 4. The van der Waals surface area contributed by atoms with Gasteiger partial charge in [0.25, 0.3) is 5.91 Å². The molecule has 4 rings (SSSR count). The first kappa shape index (κ1) is 26.7. The van der Waals surface area contributed by atoms with Gasteiger partial charge in [0.2, 0.25) is 5.91 Å². The van der Waals surface area contributed by atoms with Gasteiger partial charge in [-0.2, -0.15) is 0 Å². The normalized spacial score (nSPS) is 16.4. The van der Waals surface area contributed by atoms with Gasteiger partial charge >= 0.3 is 5.97 Å². The topological polar surface area (TPSA) is 133 Å². The zero-order valence-electron chi connectivity index (χ0n) is 19.9. The number of rotatable bonds is 11. The molecule has 1 aliphatic heterocycles. The third-order valence-corrected chi connectivity index (χ3v) is 7.01.